The highest BCUT2D eigenvalue weighted by atomic mass is 32.2. The Bertz CT molecular complexity index is 773. The van der Waals surface area contributed by atoms with Crippen LogP contribution in [-0.2, 0) is 9.84 Å². The van der Waals surface area contributed by atoms with Crippen molar-refractivity contribution in [2.75, 3.05) is 12.2 Å². The molecule has 0 aliphatic heterocycles. The summed E-state index contributed by atoms with van der Waals surface area (Å²) in [5, 5.41) is 0. The zero-order valence-electron chi connectivity index (χ0n) is 11.9. The number of nitrogens with zero attached hydrogens (tertiary/aromatic N) is 1. The van der Waals surface area contributed by atoms with Crippen LogP contribution in [0.15, 0.2) is 42.7 Å². The first kappa shape index (κ1) is 17.1. The number of hydrogen-bond donors (Lipinski definition) is 0. The van der Waals surface area contributed by atoms with Crippen molar-refractivity contribution < 1.29 is 31.1 Å². The van der Waals surface area contributed by atoms with E-state index in [1.165, 1.54) is 24.5 Å². The summed E-state index contributed by atoms with van der Waals surface area (Å²) in [5.74, 6) is -0.669. The molecule has 0 fully saturated rings. The fraction of sp³-hybridized carbons (Fsp3) is 0.214. The van der Waals surface area contributed by atoms with Crippen LogP contribution in [0, 0.1) is 0 Å². The van der Waals surface area contributed by atoms with Crippen LogP contribution in [0.25, 0.3) is 11.1 Å². The molecule has 0 unspecified atom stereocenters. The molecular formula is C14H12F3NO4S. The molecule has 1 aromatic heterocycles. The summed E-state index contributed by atoms with van der Waals surface area (Å²) in [4.78, 5) is 3.84. The Morgan fingerprint density at radius 1 is 1.13 bits per heavy atom. The van der Waals surface area contributed by atoms with Crippen LogP contribution in [0.2, 0.25) is 0 Å². The van der Waals surface area contributed by atoms with Crippen LogP contribution in [0.3, 0.4) is 0 Å². The minimum Gasteiger partial charge on any atom is -0.476 e. The normalized spacial score (nSPS) is 12.0. The lowest BCUT2D eigenvalue weighted by Gasteiger charge is -2.12. The number of pyridine rings is 1. The third-order valence-electron chi connectivity index (χ3n) is 2.61. The van der Waals surface area contributed by atoms with Crippen LogP contribution in [0.5, 0.6) is 11.5 Å². The third-order valence-corrected chi connectivity index (χ3v) is 3.16. The van der Waals surface area contributed by atoms with Crippen LogP contribution in [0.4, 0.5) is 13.2 Å². The zero-order chi connectivity index (χ0) is 17.1. The van der Waals surface area contributed by atoms with Gasteiger partial charge in [0.25, 0.3) is 0 Å². The van der Waals surface area contributed by atoms with E-state index < -0.39 is 22.1 Å². The number of alkyl halides is 3. The van der Waals surface area contributed by atoms with Gasteiger partial charge < -0.3 is 9.47 Å². The van der Waals surface area contributed by atoms with E-state index in [1.807, 2.05) is 0 Å². The third kappa shape index (κ3) is 5.44. The molecule has 23 heavy (non-hydrogen) atoms. The smallest absolute Gasteiger partial charge is 0.476 e. The lowest BCUT2D eigenvalue weighted by Crippen LogP contribution is -2.16. The van der Waals surface area contributed by atoms with Crippen molar-refractivity contribution >= 4 is 9.84 Å². The zero-order valence-corrected chi connectivity index (χ0v) is 12.7. The second-order valence-corrected chi connectivity index (χ2v) is 6.72. The Balaban J connectivity index is 2.25. The van der Waals surface area contributed by atoms with E-state index >= 15 is 0 Å². The largest absolute Gasteiger partial charge is 0.573 e. The molecule has 5 nitrogen and oxygen atoms in total. The van der Waals surface area contributed by atoms with Gasteiger partial charge >= 0.3 is 6.36 Å². The standard InChI is InChI=1S/C14H12F3NO4S/c1-23(19,20)9-21-13-8-18-7-6-12(13)10-2-4-11(5-3-10)22-14(15,16)17/h2-8H,9H2,1H3. The lowest BCUT2D eigenvalue weighted by molar-refractivity contribution is -0.274. The van der Waals surface area contributed by atoms with Gasteiger partial charge in [-0.15, -0.1) is 13.2 Å². The molecule has 0 spiro atoms. The van der Waals surface area contributed by atoms with Crippen molar-refractivity contribution in [1.82, 2.24) is 4.98 Å². The van der Waals surface area contributed by atoms with E-state index in [4.69, 9.17) is 4.74 Å². The number of hydrogen-bond acceptors (Lipinski definition) is 5. The molecule has 0 saturated carbocycles. The Kier molecular flexibility index (Phi) is 4.79. The predicted octanol–water partition coefficient (Wildman–Crippen LogP) is 3.03. The van der Waals surface area contributed by atoms with Gasteiger partial charge in [0.05, 0.1) is 6.20 Å². The first-order chi connectivity index (χ1) is 10.6. The molecule has 0 atom stereocenters. The maximum absolute atomic E-state index is 12.1. The fourth-order valence-electron chi connectivity index (χ4n) is 1.74. The molecule has 9 heteroatoms. The monoisotopic (exact) mass is 347 g/mol. The summed E-state index contributed by atoms with van der Waals surface area (Å²) >= 11 is 0. The second kappa shape index (κ2) is 6.45. The highest BCUT2D eigenvalue weighted by Crippen LogP contribution is 2.31. The van der Waals surface area contributed by atoms with E-state index in [-0.39, 0.29) is 11.5 Å². The number of halogens is 3. The molecule has 2 aromatic rings. The summed E-state index contributed by atoms with van der Waals surface area (Å²) in [7, 11) is -3.34. The molecule has 1 heterocycles. The summed E-state index contributed by atoms with van der Waals surface area (Å²) in [6, 6.07) is 6.69. The number of benzene rings is 1. The maximum atomic E-state index is 12.1. The van der Waals surface area contributed by atoms with Crippen molar-refractivity contribution in [2.45, 2.75) is 6.36 Å². The summed E-state index contributed by atoms with van der Waals surface area (Å²) in [6.07, 6.45) is -0.947. The Morgan fingerprint density at radius 3 is 2.35 bits per heavy atom. The highest BCUT2D eigenvalue weighted by Gasteiger charge is 2.31. The minimum atomic E-state index is -4.76. The van der Waals surface area contributed by atoms with Gasteiger partial charge in [-0.25, -0.2) is 8.42 Å². The van der Waals surface area contributed by atoms with Crippen molar-refractivity contribution in [1.29, 1.82) is 0 Å². The Hall–Kier alpha value is -2.29. The van der Waals surface area contributed by atoms with Crippen LogP contribution < -0.4 is 9.47 Å². The van der Waals surface area contributed by atoms with Gasteiger partial charge in [-0.05, 0) is 23.8 Å². The van der Waals surface area contributed by atoms with Gasteiger partial charge in [0.15, 0.2) is 15.8 Å². The van der Waals surface area contributed by atoms with Gasteiger partial charge in [-0.2, -0.15) is 0 Å². The van der Waals surface area contributed by atoms with E-state index in [0.717, 1.165) is 18.4 Å². The first-order valence-corrected chi connectivity index (χ1v) is 8.31. The quantitative estimate of drug-likeness (QED) is 0.832. The van der Waals surface area contributed by atoms with Crippen LogP contribution >= 0.6 is 0 Å². The van der Waals surface area contributed by atoms with Crippen molar-refractivity contribution in [2.24, 2.45) is 0 Å². The number of ether oxygens (including phenoxy) is 2. The van der Waals surface area contributed by atoms with Gasteiger partial charge in [-0.3, -0.25) is 4.98 Å². The van der Waals surface area contributed by atoms with E-state index in [0.29, 0.717) is 11.1 Å². The van der Waals surface area contributed by atoms with Crippen LogP contribution in [0.1, 0.15) is 0 Å². The maximum Gasteiger partial charge on any atom is 0.573 e. The summed E-state index contributed by atoms with van der Waals surface area (Å²) in [6.45, 7) is 0. The molecule has 2 rings (SSSR count). The SMILES string of the molecule is CS(=O)(=O)COc1cnccc1-c1ccc(OC(F)(F)F)cc1. The summed E-state index contributed by atoms with van der Waals surface area (Å²) in [5.41, 5.74) is 1.03. The molecule has 1 aromatic carbocycles. The molecule has 0 radical (unpaired) electrons. The molecule has 0 N–H and O–H groups in total. The molecule has 0 saturated heterocycles. The average Bonchev–Trinajstić information content (AvgIpc) is 2.44. The molecule has 0 amide bonds. The number of aromatic nitrogens is 1. The highest BCUT2D eigenvalue weighted by molar-refractivity contribution is 7.90. The second-order valence-electron chi connectivity index (χ2n) is 4.63. The first-order valence-electron chi connectivity index (χ1n) is 6.25. The summed E-state index contributed by atoms with van der Waals surface area (Å²) < 4.78 is 67.7. The predicted molar refractivity (Wildman–Crippen MR) is 76.7 cm³/mol. The Labute approximate surface area is 130 Å². The van der Waals surface area contributed by atoms with E-state index in [9.17, 15) is 21.6 Å². The lowest BCUT2D eigenvalue weighted by atomic mass is 10.1. The Morgan fingerprint density at radius 2 is 1.78 bits per heavy atom. The van der Waals surface area contributed by atoms with E-state index in [2.05, 4.69) is 9.72 Å². The van der Waals surface area contributed by atoms with Crippen molar-refractivity contribution in [3.63, 3.8) is 0 Å². The van der Waals surface area contributed by atoms with Crippen molar-refractivity contribution in [3.8, 4) is 22.6 Å². The van der Waals surface area contributed by atoms with Crippen LogP contribution in [-0.4, -0.2) is 32.0 Å². The van der Waals surface area contributed by atoms with Gasteiger partial charge in [0, 0.05) is 18.0 Å². The molecule has 124 valence electrons. The van der Waals surface area contributed by atoms with Gasteiger partial charge in [0.2, 0.25) is 0 Å². The molecule has 0 bridgehead atoms. The average molecular weight is 347 g/mol. The van der Waals surface area contributed by atoms with Crippen molar-refractivity contribution in [3.05, 3.63) is 42.7 Å². The fourth-order valence-corrected chi connectivity index (χ4v) is 2.08. The molecule has 0 aliphatic carbocycles. The topological polar surface area (TPSA) is 65.5 Å². The molecular weight excluding hydrogens is 335 g/mol. The minimum absolute atomic E-state index is 0.211. The van der Waals surface area contributed by atoms with Gasteiger partial charge in [0.1, 0.15) is 11.5 Å². The molecule has 0 aliphatic rings. The number of sulfone groups is 1. The van der Waals surface area contributed by atoms with Gasteiger partial charge in [-0.1, -0.05) is 12.1 Å². The number of rotatable bonds is 5. The van der Waals surface area contributed by atoms with E-state index in [1.54, 1.807) is 6.07 Å².